The van der Waals surface area contributed by atoms with Crippen molar-refractivity contribution in [3.63, 3.8) is 0 Å². The molecule has 5 unspecified atom stereocenters. The van der Waals surface area contributed by atoms with Gasteiger partial charge in [0, 0.05) is 17.5 Å². The topological polar surface area (TPSA) is 35.2 Å². The number of halogens is 2. The first-order valence-corrected chi connectivity index (χ1v) is 7.07. The number of nitrogens with two attached hydrogens (primary N) is 1. The Bertz CT molecular complexity index is 440. The van der Waals surface area contributed by atoms with E-state index >= 15 is 0 Å². The molecule has 4 heteroatoms. The van der Waals surface area contributed by atoms with Gasteiger partial charge in [0.1, 0.15) is 5.82 Å². The van der Waals surface area contributed by atoms with Gasteiger partial charge in [-0.3, -0.25) is 0 Å². The molecule has 18 heavy (non-hydrogen) atoms. The van der Waals surface area contributed by atoms with Gasteiger partial charge in [-0.1, -0.05) is 19.1 Å². The number of benzene rings is 1. The highest BCUT2D eigenvalue weighted by atomic mass is 79.9. The van der Waals surface area contributed by atoms with Crippen LogP contribution in [0, 0.1) is 17.7 Å². The molecule has 2 N–H and O–H groups in total. The maximum Gasteiger partial charge on any atom is 0.142 e. The van der Waals surface area contributed by atoms with E-state index in [2.05, 4.69) is 22.9 Å². The molecule has 0 radical (unpaired) electrons. The average molecular weight is 316 g/mol. The molecule has 0 spiro atoms. The fourth-order valence-corrected chi connectivity index (χ4v) is 3.28. The molecule has 0 amide bonds. The molecule has 0 aliphatic carbocycles. The van der Waals surface area contributed by atoms with Crippen molar-refractivity contribution in [3.05, 3.63) is 34.1 Å². The minimum absolute atomic E-state index is 0.0587. The minimum Gasteiger partial charge on any atom is -0.375 e. The first-order chi connectivity index (χ1) is 8.43. The Hall–Kier alpha value is -0.450. The lowest BCUT2D eigenvalue weighted by Crippen LogP contribution is -2.31. The molecule has 0 aromatic heterocycles. The summed E-state index contributed by atoms with van der Waals surface area (Å²) in [7, 11) is 0. The normalized spacial score (nSPS) is 33.7. The third-order valence-corrected chi connectivity index (χ3v) is 4.69. The summed E-state index contributed by atoms with van der Waals surface area (Å²) in [5.74, 6) is 0.209. The van der Waals surface area contributed by atoms with E-state index in [0.717, 1.165) is 0 Å². The summed E-state index contributed by atoms with van der Waals surface area (Å²) < 4.78 is 20.3. The van der Waals surface area contributed by atoms with Crippen molar-refractivity contribution < 1.29 is 9.13 Å². The predicted octanol–water partition coefficient (Wildman–Crippen LogP) is 3.65. The molecule has 1 fully saturated rings. The standard InChI is InChI=1S/C14H19BrFNO/c1-7-8(2)18-9(3)12(7)14(17)10-5-4-6-11(15)13(10)16/h4-9,12,14H,17H2,1-3H3. The zero-order valence-electron chi connectivity index (χ0n) is 10.9. The van der Waals surface area contributed by atoms with Gasteiger partial charge in [0.05, 0.1) is 16.7 Å². The highest BCUT2D eigenvalue weighted by Crippen LogP contribution is 2.40. The predicted molar refractivity (Wildman–Crippen MR) is 73.7 cm³/mol. The Labute approximate surface area is 116 Å². The van der Waals surface area contributed by atoms with Gasteiger partial charge in [-0.25, -0.2) is 4.39 Å². The summed E-state index contributed by atoms with van der Waals surface area (Å²) in [4.78, 5) is 0. The van der Waals surface area contributed by atoms with Crippen LogP contribution >= 0.6 is 15.9 Å². The van der Waals surface area contributed by atoms with Crippen molar-refractivity contribution >= 4 is 15.9 Å². The van der Waals surface area contributed by atoms with E-state index in [4.69, 9.17) is 10.5 Å². The molecule has 1 aliphatic rings. The van der Waals surface area contributed by atoms with Crippen LogP contribution in [-0.4, -0.2) is 12.2 Å². The molecule has 1 heterocycles. The van der Waals surface area contributed by atoms with Crippen molar-refractivity contribution in [3.8, 4) is 0 Å². The molecule has 1 aromatic rings. The molecule has 1 aromatic carbocycles. The minimum atomic E-state index is -0.336. The smallest absolute Gasteiger partial charge is 0.142 e. The molecule has 1 saturated heterocycles. The molecular formula is C14H19BrFNO. The third kappa shape index (κ3) is 2.33. The first kappa shape index (κ1) is 14.0. The van der Waals surface area contributed by atoms with E-state index in [0.29, 0.717) is 16.0 Å². The van der Waals surface area contributed by atoms with Gasteiger partial charge in [-0.05, 0) is 41.8 Å². The van der Waals surface area contributed by atoms with E-state index in [1.165, 1.54) is 0 Å². The van der Waals surface area contributed by atoms with Crippen LogP contribution in [-0.2, 0) is 4.74 Å². The van der Waals surface area contributed by atoms with Crippen molar-refractivity contribution in [2.45, 2.75) is 39.0 Å². The van der Waals surface area contributed by atoms with Crippen LogP contribution in [0.4, 0.5) is 4.39 Å². The van der Waals surface area contributed by atoms with Crippen molar-refractivity contribution in [1.29, 1.82) is 0 Å². The summed E-state index contributed by atoms with van der Waals surface area (Å²) in [6.07, 6.45) is 0.231. The maximum absolute atomic E-state index is 14.1. The first-order valence-electron chi connectivity index (χ1n) is 6.28. The zero-order valence-corrected chi connectivity index (χ0v) is 12.4. The highest BCUT2D eigenvalue weighted by Gasteiger charge is 2.41. The van der Waals surface area contributed by atoms with Crippen molar-refractivity contribution in [1.82, 2.24) is 0 Å². The lowest BCUT2D eigenvalue weighted by molar-refractivity contribution is 0.0488. The Morgan fingerprint density at radius 1 is 1.28 bits per heavy atom. The summed E-state index contributed by atoms with van der Waals surface area (Å²) in [6, 6.07) is 4.92. The van der Waals surface area contributed by atoms with Crippen LogP contribution in [0.25, 0.3) is 0 Å². The number of rotatable bonds is 2. The van der Waals surface area contributed by atoms with Crippen molar-refractivity contribution in [2.75, 3.05) is 0 Å². The summed E-state index contributed by atoms with van der Waals surface area (Å²) in [5, 5.41) is 0. The Morgan fingerprint density at radius 2 is 1.94 bits per heavy atom. The molecular weight excluding hydrogens is 297 g/mol. The van der Waals surface area contributed by atoms with E-state index in [-0.39, 0.29) is 30.0 Å². The van der Waals surface area contributed by atoms with Gasteiger partial charge in [-0.15, -0.1) is 0 Å². The molecule has 1 aliphatic heterocycles. The molecule has 2 rings (SSSR count). The van der Waals surface area contributed by atoms with Gasteiger partial charge in [-0.2, -0.15) is 0 Å². The fourth-order valence-electron chi connectivity index (χ4n) is 2.90. The second-order valence-corrected chi connectivity index (χ2v) is 6.01. The largest absolute Gasteiger partial charge is 0.375 e. The fraction of sp³-hybridized carbons (Fsp3) is 0.571. The quantitative estimate of drug-likeness (QED) is 0.904. The monoisotopic (exact) mass is 315 g/mol. The maximum atomic E-state index is 14.1. The van der Waals surface area contributed by atoms with Gasteiger partial charge >= 0.3 is 0 Å². The van der Waals surface area contributed by atoms with E-state index in [1.807, 2.05) is 19.9 Å². The summed E-state index contributed by atoms with van der Waals surface area (Å²) >= 11 is 3.20. The van der Waals surface area contributed by atoms with Gasteiger partial charge in [0.25, 0.3) is 0 Å². The Kier molecular flexibility index (Phi) is 4.09. The molecule has 0 saturated carbocycles. The summed E-state index contributed by atoms with van der Waals surface area (Å²) in [5.41, 5.74) is 6.83. The van der Waals surface area contributed by atoms with Crippen LogP contribution < -0.4 is 5.73 Å². The number of hydrogen-bond donors (Lipinski definition) is 1. The van der Waals surface area contributed by atoms with E-state index in [9.17, 15) is 4.39 Å². The van der Waals surface area contributed by atoms with E-state index < -0.39 is 0 Å². The lowest BCUT2D eigenvalue weighted by atomic mass is 9.81. The average Bonchev–Trinajstić information content (AvgIpc) is 2.56. The van der Waals surface area contributed by atoms with Crippen LogP contribution in [0.2, 0.25) is 0 Å². The Morgan fingerprint density at radius 3 is 2.50 bits per heavy atom. The van der Waals surface area contributed by atoms with Crippen LogP contribution in [0.15, 0.2) is 22.7 Å². The second kappa shape index (κ2) is 5.27. The van der Waals surface area contributed by atoms with Gasteiger partial charge < -0.3 is 10.5 Å². The van der Waals surface area contributed by atoms with Gasteiger partial charge in [0.2, 0.25) is 0 Å². The summed E-state index contributed by atoms with van der Waals surface area (Å²) in [6.45, 7) is 6.18. The Balaban J connectivity index is 2.31. The molecule has 2 nitrogen and oxygen atoms in total. The number of hydrogen-bond acceptors (Lipinski definition) is 2. The second-order valence-electron chi connectivity index (χ2n) is 5.15. The zero-order chi connectivity index (χ0) is 13.4. The van der Waals surface area contributed by atoms with Crippen LogP contribution in [0.5, 0.6) is 0 Å². The molecule has 0 bridgehead atoms. The van der Waals surface area contributed by atoms with Crippen LogP contribution in [0.1, 0.15) is 32.4 Å². The lowest BCUT2D eigenvalue weighted by Gasteiger charge is -2.26. The third-order valence-electron chi connectivity index (χ3n) is 4.07. The SMILES string of the molecule is CC1OC(C)C(C(N)c2cccc(Br)c2F)C1C. The van der Waals surface area contributed by atoms with E-state index in [1.54, 1.807) is 12.1 Å². The van der Waals surface area contributed by atoms with Crippen molar-refractivity contribution in [2.24, 2.45) is 17.6 Å². The molecule has 100 valence electrons. The van der Waals surface area contributed by atoms with Gasteiger partial charge in [0.15, 0.2) is 0 Å². The highest BCUT2D eigenvalue weighted by molar-refractivity contribution is 9.10. The van der Waals surface area contributed by atoms with Crippen LogP contribution in [0.3, 0.4) is 0 Å². The molecule has 5 atom stereocenters. The number of ether oxygens (including phenoxy) is 1.